The first kappa shape index (κ1) is 17.8. The predicted octanol–water partition coefficient (Wildman–Crippen LogP) is 1.76. The molecular weight excluding hydrogens is 346 g/mol. The van der Waals surface area contributed by atoms with E-state index in [4.69, 9.17) is 0 Å². The molecule has 1 aromatic heterocycles. The Morgan fingerprint density at radius 3 is 2.75 bits per heavy atom. The molecule has 0 saturated carbocycles. The molecule has 24 heavy (non-hydrogen) atoms. The normalized spacial score (nSPS) is 23.5. The van der Waals surface area contributed by atoms with Crippen molar-refractivity contribution in [2.75, 3.05) is 24.7 Å². The lowest BCUT2D eigenvalue weighted by molar-refractivity contribution is -0.119. The Hall–Kier alpha value is -0.990. The van der Waals surface area contributed by atoms with E-state index in [9.17, 15) is 13.2 Å². The number of anilines is 1. The summed E-state index contributed by atoms with van der Waals surface area (Å²) >= 11 is 1.50. The van der Waals surface area contributed by atoms with Gasteiger partial charge in [-0.15, -0.1) is 11.3 Å². The van der Waals surface area contributed by atoms with Crippen LogP contribution in [0.2, 0.25) is 0 Å². The number of rotatable bonds is 4. The highest BCUT2D eigenvalue weighted by atomic mass is 32.2. The van der Waals surface area contributed by atoms with Gasteiger partial charge in [-0.3, -0.25) is 4.79 Å². The molecule has 1 unspecified atom stereocenters. The molecule has 0 radical (unpaired) electrons. The van der Waals surface area contributed by atoms with Gasteiger partial charge in [0.25, 0.3) is 0 Å². The quantitative estimate of drug-likeness (QED) is 0.842. The Morgan fingerprint density at radius 1 is 1.42 bits per heavy atom. The van der Waals surface area contributed by atoms with Gasteiger partial charge in [-0.1, -0.05) is 13.3 Å². The fourth-order valence-corrected chi connectivity index (χ4v) is 6.10. The highest BCUT2D eigenvalue weighted by Crippen LogP contribution is 2.35. The first-order chi connectivity index (χ1) is 11.4. The molecule has 134 valence electrons. The molecule has 1 aliphatic carbocycles. The zero-order chi connectivity index (χ0) is 17.4. The third-order valence-electron chi connectivity index (χ3n) is 5.37. The van der Waals surface area contributed by atoms with Crippen LogP contribution < -0.4 is 10.6 Å². The Balaban J connectivity index is 1.80. The van der Waals surface area contributed by atoms with E-state index in [1.807, 2.05) is 0 Å². The van der Waals surface area contributed by atoms with Crippen molar-refractivity contribution in [1.29, 1.82) is 0 Å². The van der Waals surface area contributed by atoms with E-state index in [-0.39, 0.29) is 0 Å². The molecule has 1 saturated heterocycles. The number of carbonyl (C=O) groups excluding carboxylic acids is 1. The van der Waals surface area contributed by atoms with Gasteiger partial charge in [0.1, 0.15) is 0 Å². The molecule has 2 heterocycles. The monoisotopic (exact) mass is 371 g/mol. The zero-order valence-corrected chi connectivity index (χ0v) is 15.9. The standard InChI is InChI=1S/C16H25N3O3S2/c1-3-11-4-5-12-13(10-11)23-15(18-12)19-14(20)16(24(2,21)22)6-8-17-9-7-16/h11,17H,3-10H2,1-2H3,(H,18,19,20). The average Bonchev–Trinajstić information content (AvgIpc) is 2.95. The number of aromatic nitrogens is 1. The maximum atomic E-state index is 12.8. The minimum absolute atomic E-state index is 0.306. The van der Waals surface area contributed by atoms with Crippen molar-refractivity contribution < 1.29 is 13.2 Å². The predicted molar refractivity (Wildman–Crippen MR) is 96.2 cm³/mol. The van der Waals surface area contributed by atoms with Crippen molar-refractivity contribution in [3.63, 3.8) is 0 Å². The summed E-state index contributed by atoms with van der Waals surface area (Å²) in [5, 5.41) is 6.48. The van der Waals surface area contributed by atoms with Gasteiger partial charge >= 0.3 is 0 Å². The molecule has 0 aromatic carbocycles. The number of amides is 1. The van der Waals surface area contributed by atoms with Crippen molar-refractivity contribution in [2.24, 2.45) is 5.92 Å². The van der Waals surface area contributed by atoms with E-state index >= 15 is 0 Å². The third kappa shape index (κ3) is 3.23. The molecule has 2 N–H and O–H groups in total. The SMILES string of the molecule is CCC1CCc2nc(NC(=O)C3(S(C)(=O)=O)CCNCC3)sc2C1. The van der Waals surface area contributed by atoms with Crippen LogP contribution in [0.15, 0.2) is 0 Å². The van der Waals surface area contributed by atoms with E-state index in [1.54, 1.807) is 0 Å². The Bertz CT molecular complexity index is 721. The maximum absolute atomic E-state index is 12.8. The Morgan fingerprint density at radius 2 is 2.12 bits per heavy atom. The number of aryl methyl sites for hydroxylation is 1. The maximum Gasteiger partial charge on any atom is 0.247 e. The fraction of sp³-hybridized carbons (Fsp3) is 0.750. The van der Waals surface area contributed by atoms with Crippen LogP contribution in [0, 0.1) is 5.92 Å². The van der Waals surface area contributed by atoms with Crippen LogP contribution >= 0.6 is 11.3 Å². The summed E-state index contributed by atoms with van der Waals surface area (Å²) in [4.78, 5) is 18.6. The van der Waals surface area contributed by atoms with Gasteiger partial charge in [0.15, 0.2) is 19.7 Å². The lowest BCUT2D eigenvalue weighted by Crippen LogP contribution is -2.55. The Kier molecular flexibility index (Phi) is 4.99. The summed E-state index contributed by atoms with van der Waals surface area (Å²) in [5.74, 6) is 0.262. The molecule has 1 aliphatic heterocycles. The number of piperidine rings is 1. The molecule has 0 bridgehead atoms. The van der Waals surface area contributed by atoms with Crippen LogP contribution in [0.5, 0.6) is 0 Å². The largest absolute Gasteiger partial charge is 0.317 e. The smallest absolute Gasteiger partial charge is 0.247 e. The number of nitrogens with one attached hydrogen (secondary N) is 2. The highest BCUT2D eigenvalue weighted by Gasteiger charge is 2.49. The van der Waals surface area contributed by atoms with E-state index in [0.717, 1.165) is 37.6 Å². The second-order valence-electron chi connectivity index (χ2n) is 6.88. The van der Waals surface area contributed by atoms with Gasteiger partial charge < -0.3 is 10.6 Å². The summed E-state index contributed by atoms with van der Waals surface area (Å²) in [5.41, 5.74) is 1.07. The minimum Gasteiger partial charge on any atom is -0.317 e. The van der Waals surface area contributed by atoms with E-state index < -0.39 is 20.5 Å². The molecule has 6 nitrogen and oxygen atoms in total. The summed E-state index contributed by atoms with van der Waals surface area (Å²) < 4.78 is 23.3. The van der Waals surface area contributed by atoms with Crippen molar-refractivity contribution in [3.05, 3.63) is 10.6 Å². The number of sulfone groups is 1. The van der Waals surface area contributed by atoms with Crippen LogP contribution in [-0.4, -0.2) is 43.4 Å². The summed E-state index contributed by atoms with van der Waals surface area (Å²) in [6, 6.07) is 0. The molecule has 8 heteroatoms. The first-order valence-electron chi connectivity index (χ1n) is 8.56. The number of fused-ring (bicyclic) bond motifs is 1. The topological polar surface area (TPSA) is 88.2 Å². The second-order valence-corrected chi connectivity index (χ2v) is 10.3. The molecule has 1 fully saturated rings. The van der Waals surface area contributed by atoms with Gasteiger partial charge in [-0.2, -0.15) is 0 Å². The van der Waals surface area contributed by atoms with Crippen LogP contribution in [0.4, 0.5) is 5.13 Å². The van der Waals surface area contributed by atoms with Crippen LogP contribution in [0.3, 0.4) is 0 Å². The number of carbonyl (C=O) groups is 1. The number of thiazole rings is 1. The number of hydrogen-bond acceptors (Lipinski definition) is 6. The van der Waals surface area contributed by atoms with Crippen molar-refractivity contribution in [1.82, 2.24) is 10.3 Å². The van der Waals surface area contributed by atoms with Crippen LogP contribution in [-0.2, 0) is 27.5 Å². The van der Waals surface area contributed by atoms with Gasteiger partial charge in [0, 0.05) is 11.1 Å². The number of nitrogens with zero attached hydrogens (tertiary/aromatic N) is 1. The summed E-state index contributed by atoms with van der Waals surface area (Å²) in [6.45, 7) is 3.27. The molecule has 2 aliphatic rings. The van der Waals surface area contributed by atoms with Crippen molar-refractivity contribution in [3.8, 4) is 0 Å². The average molecular weight is 372 g/mol. The molecule has 1 atom stereocenters. The van der Waals surface area contributed by atoms with Crippen LogP contribution in [0.1, 0.15) is 43.2 Å². The highest BCUT2D eigenvalue weighted by molar-refractivity contribution is 7.92. The molecule has 0 spiro atoms. The summed E-state index contributed by atoms with van der Waals surface area (Å²) in [7, 11) is -3.50. The van der Waals surface area contributed by atoms with Gasteiger partial charge in [0.05, 0.1) is 5.69 Å². The fourth-order valence-electron chi connectivity index (χ4n) is 3.65. The van der Waals surface area contributed by atoms with Gasteiger partial charge in [0.2, 0.25) is 5.91 Å². The van der Waals surface area contributed by atoms with E-state index in [1.165, 1.54) is 16.2 Å². The van der Waals surface area contributed by atoms with Crippen molar-refractivity contribution >= 4 is 32.2 Å². The van der Waals surface area contributed by atoms with Gasteiger partial charge in [-0.05, 0) is 51.1 Å². The van der Waals surface area contributed by atoms with E-state index in [0.29, 0.717) is 37.0 Å². The van der Waals surface area contributed by atoms with Gasteiger partial charge in [-0.25, -0.2) is 13.4 Å². The number of hydrogen-bond donors (Lipinski definition) is 2. The third-order valence-corrected chi connectivity index (χ3v) is 8.42. The lowest BCUT2D eigenvalue weighted by atomic mass is 9.89. The zero-order valence-electron chi connectivity index (χ0n) is 14.2. The second kappa shape index (κ2) is 6.72. The molecular formula is C16H25N3O3S2. The molecule has 3 rings (SSSR count). The van der Waals surface area contributed by atoms with E-state index in [2.05, 4.69) is 22.5 Å². The first-order valence-corrected chi connectivity index (χ1v) is 11.3. The summed E-state index contributed by atoms with van der Waals surface area (Å²) in [6.07, 6.45) is 6.03. The molecule has 1 aromatic rings. The minimum atomic E-state index is -3.50. The van der Waals surface area contributed by atoms with Crippen molar-refractivity contribution in [2.45, 2.75) is 50.2 Å². The Labute approximate surface area is 147 Å². The lowest BCUT2D eigenvalue weighted by Gasteiger charge is -2.33. The molecule has 1 amide bonds. The van der Waals surface area contributed by atoms with Crippen LogP contribution in [0.25, 0.3) is 0 Å².